The summed E-state index contributed by atoms with van der Waals surface area (Å²) in [6, 6.07) is 16.4. The number of carbonyl (C=O) groups is 2. The second kappa shape index (κ2) is 7.59. The van der Waals surface area contributed by atoms with Gasteiger partial charge < -0.3 is 25.3 Å². The van der Waals surface area contributed by atoms with Gasteiger partial charge in [0.15, 0.2) is 11.5 Å². The number of nitrogens with two attached hydrogens (primary N) is 1. The Kier molecular flexibility index (Phi) is 4.95. The second-order valence-corrected chi connectivity index (χ2v) is 7.21. The number of fused-ring (bicyclic) bond motifs is 1. The third kappa shape index (κ3) is 3.50. The zero-order valence-electron chi connectivity index (χ0n) is 16.7. The van der Waals surface area contributed by atoms with E-state index in [0.29, 0.717) is 41.5 Å². The first kappa shape index (κ1) is 19.6. The highest BCUT2D eigenvalue weighted by Crippen LogP contribution is 2.46. The van der Waals surface area contributed by atoms with Crippen LogP contribution in [0.1, 0.15) is 12.8 Å². The number of anilines is 1. The zero-order chi connectivity index (χ0) is 21.3. The quantitative estimate of drug-likeness (QED) is 0.581. The average molecular weight is 406 g/mol. The maximum atomic E-state index is 12.3. The molecule has 7 heteroatoms. The van der Waals surface area contributed by atoms with E-state index in [-0.39, 0.29) is 5.91 Å². The van der Waals surface area contributed by atoms with Crippen molar-refractivity contribution < 1.29 is 23.8 Å². The van der Waals surface area contributed by atoms with Crippen molar-refractivity contribution in [3.05, 3.63) is 54.6 Å². The zero-order valence-corrected chi connectivity index (χ0v) is 16.7. The Labute approximate surface area is 173 Å². The summed E-state index contributed by atoms with van der Waals surface area (Å²) >= 11 is 0. The molecule has 0 saturated heterocycles. The molecule has 1 aliphatic rings. The minimum atomic E-state index is -1.06. The van der Waals surface area contributed by atoms with E-state index in [9.17, 15) is 9.59 Å². The van der Waals surface area contributed by atoms with E-state index < -0.39 is 11.3 Å². The lowest BCUT2D eigenvalue weighted by molar-refractivity contribution is -0.132. The van der Waals surface area contributed by atoms with Gasteiger partial charge in [0.05, 0.1) is 14.2 Å². The SMILES string of the molecule is COc1cc2cccc(Oc3ccc(NC(=O)C4(C(N)=O)CC4)cc3)c2cc1OC. The fourth-order valence-corrected chi connectivity index (χ4v) is 3.36. The number of nitrogens with one attached hydrogen (secondary N) is 1. The Morgan fingerprint density at radius 2 is 1.60 bits per heavy atom. The van der Waals surface area contributed by atoms with Crippen LogP contribution in [-0.4, -0.2) is 26.0 Å². The molecule has 4 rings (SSSR count). The van der Waals surface area contributed by atoms with Crippen molar-refractivity contribution in [1.29, 1.82) is 0 Å². The number of amides is 2. The first-order valence-corrected chi connectivity index (χ1v) is 9.51. The Bertz CT molecular complexity index is 1120. The number of carbonyl (C=O) groups excluding carboxylic acids is 2. The number of benzene rings is 3. The third-order valence-electron chi connectivity index (χ3n) is 5.34. The largest absolute Gasteiger partial charge is 0.493 e. The van der Waals surface area contributed by atoms with Crippen molar-refractivity contribution in [2.24, 2.45) is 11.1 Å². The van der Waals surface area contributed by atoms with Gasteiger partial charge in [0.25, 0.3) is 0 Å². The van der Waals surface area contributed by atoms with Crippen LogP contribution >= 0.6 is 0 Å². The van der Waals surface area contributed by atoms with Crippen LogP contribution in [0.15, 0.2) is 54.6 Å². The summed E-state index contributed by atoms with van der Waals surface area (Å²) in [6.07, 6.45) is 0.982. The maximum Gasteiger partial charge on any atom is 0.240 e. The van der Waals surface area contributed by atoms with E-state index in [0.717, 1.165) is 10.8 Å². The van der Waals surface area contributed by atoms with Crippen molar-refractivity contribution in [2.45, 2.75) is 12.8 Å². The Hall–Kier alpha value is -3.74. The molecule has 1 saturated carbocycles. The summed E-state index contributed by atoms with van der Waals surface area (Å²) in [7, 11) is 3.18. The standard InChI is InChI=1S/C23H22N2O5/c1-28-19-12-14-4-3-5-18(17(14)13-20(19)29-2)30-16-8-6-15(7-9-16)25-22(27)23(10-11-23)21(24)26/h3-9,12-13H,10-11H2,1-2H3,(H2,24,26)(H,25,27). The van der Waals surface area contributed by atoms with Gasteiger partial charge in [-0.05, 0) is 60.7 Å². The molecule has 154 valence electrons. The molecule has 30 heavy (non-hydrogen) atoms. The van der Waals surface area contributed by atoms with Crippen LogP contribution in [0.3, 0.4) is 0 Å². The van der Waals surface area contributed by atoms with E-state index in [1.165, 1.54) is 0 Å². The van der Waals surface area contributed by atoms with Crippen LogP contribution in [0.2, 0.25) is 0 Å². The lowest BCUT2D eigenvalue weighted by Gasteiger charge is -2.14. The van der Waals surface area contributed by atoms with Crippen LogP contribution in [0.5, 0.6) is 23.0 Å². The molecule has 0 aromatic heterocycles. The molecule has 0 aliphatic heterocycles. The molecule has 0 atom stereocenters. The lowest BCUT2D eigenvalue weighted by Crippen LogP contribution is -2.36. The van der Waals surface area contributed by atoms with Gasteiger partial charge in [-0.2, -0.15) is 0 Å². The van der Waals surface area contributed by atoms with Crippen LogP contribution in [0, 0.1) is 5.41 Å². The summed E-state index contributed by atoms with van der Waals surface area (Å²) in [6.45, 7) is 0. The summed E-state index contributed by atoms with van der Waals surface area (Å²) < 4.78 is 16.8. The second-order valence-electron chi connectivity index (χ2n) is 7.21. The minimum Gasteiger partial charge on any atom is -0.493 e. The van der Waals surface area contributed by atoms with Crippen LogP contribution in [0.25, 0.3) is 10.8 Å². The number of primary amides is 1. The van der Waals surface area contributed by atoms with Crippen molar-refractivity contribution in [2.75, 3.05) is 19.5 Å². The Morgan fingerprint density at radius 1 is 0.933 bits per heavy atom. The number of rotatable bonds is 7. The summed E-state index contributed by atoms with van der Waals surface area (Å²) in [5, 5.41) is 4.58. The highest BCUT2D eigenvalue weighted by molar-refractivity contribution is 6.12. The van der Waals surface area contributed by atoms with Crippen LogP contribution < -0.4 is 25.3 Å². The first-order valence-electron chi connectivity index (χ1n) is 9.51. The molecule has 1 aliphatic carbocycles. The fourth-order valence-electron chi connectivity index (χ4n) is 3.36. The highest BCUT2D eigenvalue weighted by Gasteiger charge is 2.55. The highest BCUT2D eigenvalue weighted by atomic mass is 16.5. The molecule has 3 aromatic rings. The molecular formula is C23H22N2O5. The number of hydrogen-bond acceptors (Lipinski definition) is 5. The Balaban J connectivity index is 1.54. The van der Waals surface area contributed by atoms with Crippen molar-refractivity contribution in [3.63, 3.8) is 0 Å². The van der Waals surface area contributed by atoms with Gasteiger partial charge in [-0.15, -0.1) is 0 Å². The average Bonchev–Trinajstić information content (AvgIpc) is 3.57. The molecular weight excluding hydrogens is 384 g/mol. The smallest absolute Gasteiger partial charge is 0.240 e. The van der Waals surface area contributed by atoms with E-state index in [1.807, 2.05) is 30.3 Å². The molecule has 0 radical (unpaired) electrons. The predicted molar refractivity (Wildman–Crippen MR) is 113 cm³/mol. The number of hydrogen-bond donors (Lipinski definition) is 2. The summed E-state index contributed by atoms with van der Waals surface area (Å²) in [4.78, 5) is 23.8. The molecule has 3 aromatic carbocycles. The maximum absolute atomic E-state index is 12.3. The molecule has 0 heterocycles. The van der Waals surface area contributed by atoms with Crippen LogP contribution in [0.4, 0.5) is 5.69 Å². The van der Waals surface area contributed by atoms with Crippen molar-refractivity contribution in [3.8, 4) is 23.0 Å². The summed E-state index contributed by atoms with van der Waals surface area (Å²) in [5.74, 6) is 1.58. The third-order valence-corrected chi connectivity index (χ3v) is 5.34. The monoisotopic (exact) mass is 406 g/mol. The van der Waals surface area contributed by atoms with Gasteiger partial charge in [0.1, 0.15) is 16.9 Å². The number of ether oxygens (including phenoxy) is 3. The van der Waals surface area contributed by atoms with Crippen molar-refractivity contribution >= 4 is 28.3 Å². The van der Waals surface area contributed by atoms with Crippen molar-refractivity contribution in [1.82, 2.24) is 0 Å². The minimum absolute atomic E-state index is 0.362. The van der Waals surface area contributed by atoms with Gasteiger partial charge in [0, 0.05) is 11.1 Å². The molecule has 2 amide bonds. The van der Waals surface area contributed by atoms with Gasteiger partial charge >= 0.3 is 0 Å². The van der Waals surface area contributed by atoms with Gasteiger partial charge in [-0.1, -0.05) is 12.1 Å². The molecule has 0 unspecified atom stereocenters. The van der Waals surface area contributed by atoms with Gasteiger partial charge in [-0.3, -0.25) is 9.59 Å². The molecule has 0 spiro atoms. The number of methoxy groups -OCH3 is 2. The molecule has 1 fully saturated rings. The van der Waals surface area contributed by atoms with Crippen LogP contribution in [-0.2, 0) is 9.59 Å². The fraction of sp³-hybridized carbons (Fsp3) is 0.217. The molecule has 7 nitrogen and oxygen atoms in total. The van der Waals surface area contributed by atoms with E-state index in [1.54, 1.807) is 38.5 Å². The predicted octanol–water partition coefficient (Wildman–Crippen LogP) is 3.85. The van der Waals surface area contributed by atoms with Gasteiger partial charge in [-0.25, -0.2) is 0 Å². The Morgan fingerprint density at radius 3 is 2.20 bits per heavy atom. The lowest BCUT2D eigenvalue weighted by atomic mass is 10.1. The van der Waals surface area contributed by atoms with Gasteiger partial charge in [0.2, 0.25) is 11.8 Å². The molecule has 3 N–H and O–H groups in total. The normalized spacial score (nSPS) is 14.1. The first-order chi connectivity index (χ1) is 14.5. The van der Waals surface area contributed by atoms with E-state index in [4.69, 9.17) is 19.9 Å². The summed E-state index contributed by atoms with van der Waals surface area (Å²) in [5.41, 5.74) is 4.86. The van der Waals surface area contributed by atoms with E-state index >= 15 is 0 Å². The topological polar surface area (TPSA) is 99.9 Å². The van der Waals surface area contributed by atoms with E-state index in [2.05, 4.69) is 5.32 Å². The molecule has 0 bridgehead atoms.